The Labute approximate surface area is 139 Å². The van der Waals surface area contributed by atoms with Crippen molar-refractivity contribution in [3.8, 4) is 0 Å². The van der Waals surface area contributed by atoms with Crippen LogP contribution >= 0.6 is 0 Å². The Balaban J connectivity index is 1.68. The van der Waals surface area contributed by atoms with E-state index in [2.05, 4.69) is 34.5 Å². The van der Waals surface area contributed by atoms with E-state index in [0.29, 0.717) is 5.41 Å². The highest BCUT2D eigenvalue weighted by atomic mass is 16.5. The van der Waals surface area contributed by atoms with Gasteiger partial charge < -0.3 is 15.0 Å². The number of anilines is 1. The van der Waals surface area contributed by atoms with Crippen molar-refractivity contribution in [3.63, 3.8) is 0 Å². The zero-order chi connectivity index (χ0) is 16.0. The molecule has 3 rings (SSSR count). The van der Waals surface area contributed by atoms with Crippen LogP contribution in [0, 0.1) is 5.41 Å². The van der Waals surface area contributed by atoms with Gasteiger partial charge in [0.05, 0.1) is 0 Å². The van der Waals surface area contributed by atoms with Crippen molar-refractivity contribution in [2.24, 2.45) is 10.4 Å². The predicted octanol–water partition coefficient (Wildman–Crippen LogP) is 3.76. The molecule has 1 heterocycles. The van der Waals surface area contributed by atoms with E-state index in [1.54, 1.807) is 7.11 Å². The largest absolute Gasteiger partial charge is 0.385 e. The van der Waals surface area contributed by atoms with Crippen molar-refractivity contribution in [3.05, 3.63) is 30.3 Å². The van der Waals surface area contributed by atoms with Crippen LogP contribution < -0.4 is 5.32 Å². The summed E-state index contributed by atoms with van der Waals surface area (Å²) in [4.78, 5) is 7.43. The third kappa shape index (κ3) is 4.71. The minimum atomic E-state index is 0.398. The number of ether oxygens (including phenoxy) is 1. The van der Waals surface area contributed by atoms with Crippen molar-refractivity contribution in [1.29, 1.82) is 0 Å². The van der Waals surface area contributed by atoms with E-state index in [1.165, 1.54) is 32.1 Å². The maximum atomic E-state index is 5.26. The molecule has 0 unspecified atom stereocenters. The monoisotopic (exact) mass is 315 g/mol. The number of para-hydroxylation sites is 1. The quantitative estimate of drug-likeness (QED) is 0.641. The normalized spacial score (nSPS) is 20.4. The molecule has 126 valence electrons. The average molecular weight is 315 g/mol. The number of rotatable bonds is 6. The Morgan fingerprint density at radius 1 is 1.17 bits per heavy atom. The molecule has 1 aliphatic heterocycles. The Kier molecular flexibility index (Phi) is 5.55. The third-order valence-electron chi connectivity index (χ3n) is 5.04. The number of benzene rings is 1. The number of guanidine groups is 1. The maximum absolute atomic E-state index is 5.26. The Morgan fingerprint density at radius 3 is 2.57 bits per heavy atom. The summed E-state index contributed by atoms with van der Waals surface area (Å²) in [6, 6.07) is 10.4. The standard InChI is InChI=1S/C19H29N3O/c1-23-15-12-19(10-11-19)16-20-18(22-13-6-3-7-14-22)21-17-8-4-2-5-9-17/h2,4-5,8-9H,3,6-7,10-16H2,1H3,(H,20,21). The Morgan fingerprint density at radius 2 is 1.91 bits per heavy atom. The molecule has 0 atom stereocenters. The molecule has 23 heavy (non-hydrogen) atoms. The van der Waals surface area contributed by atoms with Crippen LogP contribution in [0.1, 0.15) is 38.5 Å². The minimum absolute atomic E-state index is 0.398. The summed E-state index contributed by atoms with van der Waals surface area (Å²) in [7, 11) is 1.79. The highest BCUT2D eigenvalue weighted by Gasteiger charge is 2.42. The van der Waals surface area contributed by atoms with Gasteiger partial charge in [0.1, 0.15) is 0 Å². The van der Waals surface area contributed by atoms with Crippen LogP contribution in [0.3, 0.4) is 0 Å². The maximum Gasteiger partial charge on any atom is 0.198 e. The molecule has 0 aromatic heterocycles. The van der Waals surface area contributed by atoms with E-state index >= 15 is 0 Å². The molecule has 0 spiro atoms. The fraction of sp³-hybridized carbons (Fsp3) is 0.632. The topological polar surface area (TPSA) is 36.9 Å². The van der Waals surface area contributed by atoms with Gasteiger partial charge in [0.2, 0.25) is 0 Å². The molecular weight excluding hydrogens is 286 g/mol. The SMILES string of the molecule is COCCC1(CN=C(Nc2ccccc2)N2CCCCC2)CC1. The first-order chi connectivity index (χ1) is 11.3. The molecule has 1 saturated heterocycles. The molecule has 0 bridgehead atoms. The lowest BCUT2D eigenvalue weighted by molar-refractivity contribution is 0.174. The molecule has 4 nitrogen and oxygen atoms in total. The average Bonchev–Trinajstić information content (AvgIpc) is 3.39. The fourth-order valence-corrected chi connectivity index (χ4v) is 3.20. The summed E-state index contributed by atoms with van der Waals surface area (Å²) in [5.41, 5.74) is 1.52. The van der Waals surface area contributed by atoms with Crippen LogP contribution in [0.25, 0.3) is 0 Å². The van der Waals surface area contributed by atoms with Crippen molar-refractivity contribution in [2.75, 3.05) is 38.7 Å². The lowest BCUT2D eigenvalue weighted by Crippen LogP contribution is -2.40. The number of hydrogen-bond acceptors (Lipinski definition) is 2. The number of nitrogens with one attached hydrogen (secondary N) is 1. The molecule has 1 aliphatic carbocycles. The first kappa shape index (κ1) is 16.3. The van der Waals surface area contributed by atoms with Crippen LogP contribution in [0.15, 0.2) is 35.3 Å². The van der Waals surface area contributed by atoms with Crippen LogP contribution in [0.5, 0.6) is 0 Å². The van der Waals surface area contributed by atoms with Gasteiger partial charge in [0, 0.05) is 39.0 Å². The number of likely N-dealkylation sites (tertiary alicyclic amines) is 1. The van der Waals surface area contributed by atoms with Gasteiger partial charge in [-0.3, -0.25) is 4.99 Å². The van der Waals surface area contributed by atoms with Crippen LogP contribution in [0.2, 0.25) is 0 Å². The van der Waals surface area contributed by atoms with Gasteiger partial charge in [-0.05, 0) is 56.1 Å². The third-order valence-corrected chi connectivity index (χ3v) is 5.04. The molecule has 0 radical (unpaired) electrons. The molecule has 0 amide bonds. The van der Waals surface area contributed by atoms with Gasteiger partial charge in [-0.2, -0.15) is 0 Å². The number of nitrogens with zero attached hydrogens (tertiary/aromatic N) is 2. The summed E-state index contributed by atoms with van der Waals surface area (Å²) >= 11 is 0. The summed E-state index contributed by atoms with van der Waals surface area (Å²) in [5, 5.41) is 3.55. The summed E-state index contributed by atoms with van der Waals surface area (Å²) < 4.78 is 5.26. The van der Waals surface area contributed by atoms with Crippen LogP contribution in [0.4, 0.5) is 5.69 Å². The number of piperidine rings is 1. The summed E-state index contributed by atoms with van der Waals surface area (Å²) in [6.45, 7) is 4.00. The van der Waals surface area contributed by atoms with Crippen molar-refractivity contribution >= 4 is 11.6 Å². The zero-order valence-corrected chi connectivity index (χ0v) is 14.3. The molecule has 2 aliphatic rings. The molecule has 2 fully saturated rings. The molecule has 1 N–H and O–H groups in total. The van der Waals surface area contributed by atoms with E-state index in [0.717, 1.165) is 44.3 Å². The van der Waals surface area contributed by atoms with Crippen molar-refractivity contribution < 1.29 is 4.74 Å². The molecule has 1 aromatic carbocycles. The first-order valence-corrected chi connectivity index (χ1v) is 8.92. The van der Waals surface area contributed by atoms with Gasteiger partial charge in [-0.15, -0.1) is 0 Å². The van der Waals surface area contributed by atoms with Gasteiger partial charge >= 0.3 is 0 Å². The molecule has 1 aromatic rings. The second kappa shape index (κ2) is 7.82. The Hall–Kier alpha value is -1.55. The van der Waals surface area contributed by atoms with Gasteiger partial charge in [-0.25, -0.2) is 0 Å². The van der Waals surface area contributed by atoms with E-state index in [4.69, 9.17) is 9.73 Å². The highest BCUT2D eigenvalue weighted by Crippen LogP contribution is 2.49. The second-order valence-electron chi connectivity index (χ2n) is 6.92. The van der Waals surface area contributed by atoms with Gasteiger partial charge in [-0.1, -0.05) is 18.2 Å². The van der Waals surface area contributed by atoms with Gasteiger partial charge in [0.15, 0.2) is 5.96 Å². The molecule has 4 heteroatoms. The molecule has 1 saturated carbocycles. The van der Waals surface area contributed by atoms with E-state index < -0.39 is 0 Å². The van der Waals surface area contributed by atoms with E-state index in [-0.39, 0.29) is 0 Å². The zero-order valence-electron chi connectivity index (χ0n) is 14.3. The lowest BCUT2D eigenvalue weighted by Gasteiger charge is -2.30. The minimum Gasteiger partial charge on any atom is -0.385 e. The van der Waals surface area contributed by atoms with Crippen LogP contribution in [-0.4, -0.2) is 44.2 Å². The van der Waals surface area contributed by atoms with Crippen molar-refractivity contribution in [2.45, 2.75) is 38.5 Å². The smallest absolute Gasteiger partial charge is 0.198 e. The van der Waals surface area contributed by atoms with E-state index in [1.807, 2.05) is 6.07 Å². The number of aliphatic imine (C=N–C) groups is 1. The first-order valence-electron chi connectivity index (χ1n) is 8.92. The van der Waals surface area contributed by atoms with Crippen LogP contribution in [-0.2, 0) is 4.74 Å². The lowest BCUT2D eigenvalue weighted by atomic mass is 10.0. The van der Waals surface area contributed by atoms with Crippen molar-refractivity contribution in [1.82, 2.24) is 4.90 Å². The second-order valence-corrected chi connectivity index (χ2v) is 6.92. The molecular formula is C19H29N3O. The number of hydrogen-bond donors (Lipinski definition) is 1. The highest BCUT2D eigenvalue weighted by molar-refractivity contribution is 5.93. The fourth-order valence-electron chi connectivity index (χ4n) is 3.20. The predicted molar refractivity (Wildman–Crippen MR) is 96.0 cm³/mol. The summed E-state index contributed by atoms with van der Waals surface area (Å²) in [5.74, 6) is 1.06. The summed E-state index contributed by atoms with van der Waals surface area (Å²) in [6.07, 6.45) is 7.59. The number of methoxy groups -OCH3 is 1. The Bertz CT molecular complexity index is 505. The van der Waals surface area contributed by atoms with E-state index in [9.17, 15) is 0 Å². The van der Waals surface area contributed by atoms with Gasteiger partial charge in [0.25, 0.3) is 0 Å².